The topological polar surface area (TPSA) is 509 Å². The molecule has 0 bridgehead atoms. The first-order chi connectivity index (χ1) is 55.3. The number of benzene rings is 4. The van der Waals surface area contributed by atoms with Crippen molar-refractivity contribution in [1.82, 2.24) is 101 Å². The van der Waals surface area contributed by atoms with E-state index < -0.39 is 29.9 Å². The fraction of sp³-hybridized carbons (Fsp3) is 0.253. The Hall–Kier alpha value is -12.2. The smallest absolute Gasteiger partial charge is 0.265 e. The number of nitrogen functional groups attached to an aromatic ring is 1. The van der Waals surface area contributed by atoms with Crippen molar-refractivity contribution < 1.29 is 55.6 Å². The summed E-state index contributed by atoms with van der Waals surface area (Å²) in [6, 6.07) is 33.9. The number of nitrogens with zero attached hydrogens (tertiary/aromatic N) is 12. The number of anilines is 10. The maximum absolute atomic E-state index is 12.6. The molecule has 8 aromatic heterocycles. The number of hydrogen-bond donors (Lipinski definition) is 15. The number of hydrazine groups is 1. The molecule has 4 aliphatic rings. The molecule has 4 aliphatic carbocycles. The van der Waals surface area contributed by atoms with Crippen molar-refractivity contribution in [2.75, 3.05) is 59.1 Å². The highest BCUT2D eigenvalue weighted by Crippen LogP contribution is 2.43. The number of nitrogens with one attached hydrogen (secondary N) is 13. The molecule has 35 nitrogen and oxygen atoms in total. The Bertz CT molecular complexity index is 5980. The second-order valence-electron chi connectivity index (χ2n) is 27.1. The Labute approximate surface area is 686 Å². The summed E-state index contributed by atoms with van der Waals surface area (Å²) < 4.78 is 77.5. The highest BCUT2D eigenvalue weighted by atomic mass is 35.5. The van der Waals surface area contributed by atoms with Gasteiger partial charge in [-0.3, -0.25) is 35.4 Å². The first-order valence-corrected chi connectivity index (χ1v) is 41.7. The maximum Gasteiger partial charge on any atom is 0.265 e. The van der Waals surface area contributed by atoms with Crippen LogP contribution in [0.5, 0.6) is 0 Å². The lowest BCUT2D eigenvalue weighted by molar-refractivity contribution is -0.118. The van der Waals surface area contributed by atoms with Gasteiger partial charge < -0.3 is 37.0 Å². The number of amides is 2. The molecule has 0 spiro atoms. The Morgan fingerprint density at radius 1 is 0.530 bits per heavy atom. The third-order valence-electron chi connectivity index (χ3n) is 18.0. The first-order valence-electron chi connectivity index (χ1n) is 36.1. The van der Waals surface area contributed by atoms with E-state index >= 15 is 0 Å². The molecule has 8 heterocycles. The molecule has 2 amide bonds. The molecule has 0 radical (unpaired) electrons. The number of aromatic amines is 4. The quantitative estimate of drug-likeness (QED) is 0.00712. The van der Waals surface area contributed by atoms with Crippen LogP contribution in [0.2, 0.25) is 10.0 Å². The van der Waals surface area contributed by atoms with Gasteiger partial charge in [0.1, 0.15) is 15.9 Å². The molecule has 0 unspecified atom stereocenters. The van der Waals surface area contributed by atoms with Crippen LogP contribution in [0.25, 0.3) is 34.2 Å². The number of rotatable bonds is 28. The first kappa shape index (κ1) is 80.8. The highest BCUT2D eigenvalue weighted by Gasteiger charge is 2.30. The third-order valence-corrected chi connectivity index (χ3v) is 22.6. The number of aromatic nitrogens is 16. The average molecular weight is 1680 g/mol. The van der Waals surface area contributed by atoms with E-state index in [-0.39, 0.29) is 68.4 Å². The zero-order chi connectivity index (χ0) is 81.0. The van der Waals surface area contributed by atoms with Crippen molar-refractivity contribution in [2.24, 2.45) is 5.84 Å². The zero-order valence-corrected chi connectivity index (χ0v) is 65.8. The fourth-order valence-corrected chi connectivity index (χ4v) is 14.3. The number of terminal acetylenes is 1. The van der Waals surface area contributed by atoms with Gasteiger partial charge >= 0.3 is 0 Å². The van der Waals surface area contributed by atoms with Gasteiger partial charge in [-0.2, -0.15) is 25.4 Å². The van der Waals surface area contributed by atoms with E-state index in [0.29, 0.717) is 137 Å². The predicted octanol–water partition coefficient (Wildman–Crippen LogP) is 13.0. The van der Waals surface area contributed by atoms with Crippen LogP contribution in [0.1, 0.15) is 142 Å². The molecule has 0 atom stereocenters. The molecule has 4 aromatic carbocycles. The molecule has 4 saturated carbocycles. The minimum Gasteiger partial charge on any atom is -0.395 e. The SMILES string of the molecule is C#Cc1cnc(-c2ccc(C)c(C(=O)NN)c2)nc1Nc1cc(C2CC2)[nH]n1.CC(=O)NCCNS(=O)(=O)c1cccc(-c2ncc(Cl)c(Nc3cc(C4CC4)[nH]n3)n2)c1.CS(=O)(=O)c1ccc(Nc2nccc(Nc3cc(C4CC4)[nH]n3)n2)cc1.O=S(=O)(NCCO)c1cccc(-c2ncc(Cl)c(Nc3cc(C4CC4)[nH]n3)n2)c1.[HH].[HH].[HH].[HH].[HH].[HH].[HH].[HH].[HH].[HH].[HH]. The number of aryl methyl sites for hydroxylation is 1. The summed E-state index contributed by atoms with van der Waals surface area (Å²) in [7, 11) is -10.7. The van der Waals surface area contributed by atoms with Crippen molar-refractivity contribution >= 4 is 123 Å². The van der Waals surface area contributed by atoms with Crippen LogP contribution in [0.3, 0.4) is 0 Å². The van der Waals surface area contributed by atoms with Crippen LogP contribution in [0.15, 0.2) is 161 Å². The van der Waals surface area contributed by atoms with E-state index in [1.807, 2.05) is 43.3 Å². The summed E-state index contributed by atoms with van der Waals surface area (Å²) >= 11 is 12.5. The molecule has 4 fully saturated rings. The average Bonchev–Trinajstić information content (AvgIpc) is 1.04. The fourth-order valence-electron chi connectivity index (χ4n) is 11.3. The Balaban J connectivity index is 0.000000554. The van der Waals surface area contributed by atoms with Gasteiger partial charge in [-0.25, -0.2) is 75.4 Å². The molecule has 0 saturated heterocycles. The number of carbonyl (C=O) groups is 2. The van der Waals surface area contributed by atoms with E-state index in [4.69, 9.17) is 40.6 Å². The van der Waals surface area contributed by atoms with Gasteiger partial charge in [0.05, 0.1) is 39.3 Å². The normalized spacial score (nSPS) is 13.8. The lowest BCUT2D eigenvalue weighted by Gasteiger charge is -2.10. The summed E-state index contributed by atoms with van der Waals surface area (Å²) in [6.07, 6.45) is 22.3. The summed E-state index contributed by atoms with van der Waals surface area (Å²) in [5.41, 5.74) is 10.7. The van der Waals surface area contributed by atoms with Crippen molar-refractivity contribution in [3.8, 4) is 46.5 Å². The Morgan fingerprint density at radius 3 is 1.43 bits per heavy atom. The van der Waals surface area contributed by atoms with Crippen LogP contribution in [0.4, 0.5) is 58.2 Å². The zero-order valence-electron chi connectivity index (χ0n) is 61.9. The lowest BCUT2D eigenvalue weighted by Crippen LogP contribution is -2.33. The van der Waals surface area contributed by atoms with Crippen molar-refractivity contribution in [3.63, 3.8) is 0 Å². The molecule has 40 heteroatoms. The third kappa shape index (κ3) is 22.0. The minimum atomic E-state index is -3.77. The van der Waals surface area contributed by atoms with E-state index in [2.05, 4.69) is 133 Å². The number of halogens is 2. The highest BCUT2D eigenvalue weighted by molar-refractivity contribution is 7.90. The summed E-state index contributed by atoms with van der Waals surface area (Å²) in [5.74, 6) is 15.3. The predicted molar refractivity (Wildman–Crippen MR) is 456 cm³/mol. The number of nitrogens with two attached hydrogens (primary N) is 1. The number of sulfone groups is 1. The lowest BCUT2D eigenvalue weighted by atomic mass is 10.0. The van der Waals surface area contributed by atoms with Gasteiger partial charge in [0.2, 0.25) is 31.9 Å². The molecular weight excluding hydrogens is 1580 g/mol. The molecule has 0 aliphatic heterocycles. The molecule has 16 N–H and O–H groups in total. The summed E-state index contributed by atoms with van der Waals surface area (Å²) in [4.78, 5) is 58.1. The van der Waals surface area contributed by atoms with E-state index in [1.54, 1.807) is 73.1 Å². The Kier molecular flexibility index (Phi) is 25.2. The van der Waals surface area contributed by atoms with Crippen LogP contribution < -0.4 is 52.6 Å². The Morgan fingerprint density at radius 2 is 0.983 bits per heavy atom. The van der Waals surface area contributed by atoms with Crippen molar-refractivity contribution in [1.29, 1.82) is 0 Å². The van der Waals surface area contributed by atoms with Gasteiger partial charge in [0.15, 0.2) is 68.0 Å². The minimum absolute atomic E-state index is 0. The van der Waals surface area contributed by atoms with E-state index in [0.717, 1.165) is 54.0 Å². The van der Waals surface area contributed by atoms with Gasteiger partial charge in [-0.05, 0) is 125 Å². The molecular formula is C75H100Cl2N26O9S3. The summed E-state index contributed by atoms with van der Waals surface area (Å²) in [6.45, 7) is 3.11. The van der Waals surface area contributed by atoms with Gasteiger partial charge in [-0.1, -0.05) is 65.5 Å². The largest absolute Gasteiger partial charge is 0.395 e. The molecule has 115 heavy (non-hydrogen) atoms. The number of aliphatic hydroxyl groups excluding tert-OH is 1. The molecule has 616 valence electrons. The number of carbonyl (C=O) groups excluding carboxylic acids is 2. The van der Waals surface area contributed by atoms with Crippen LogP contribution >= 0.6 is 23.2 Å². The van der Waals surface area contributed by atoms with Gasteiger partial charge in [0.25, 0.3) is 5.91 Å². The molecule has 12 aromatic rings. The number of hydrogen-bond acceptors (Lipinski definition) is 27. The van der Waals surface area contributed by atoms with Crippen molar-refractivity contribution in [3.05, 3.63) is 196 Å². The van der Waals surface area contributed by atoms with Crippen LogP contribution in [-0.2, 0) is 34.7 Å². The van der Waals surface area contributed by atoms with E-state index in [9.17, 15) is 34.8 Å². The number of sulfonamides is 2. The maximum atomic E-state index is 12.6. The van der Waals surface area contributed by atoms with Crippen LogP contribution in [0, 0.1) is 19.3 Å². The van der Waals surface area contributed by atoms with E-state index in [1.165, 1.54) is 75.5 Å². The van der Waals surface area contributed by atoms with Crippen LogP contribution in [-0.4, -0.2) is 155 Å². The molecule has 16 rings (SSSR count). The summed E-state index contributed by atoms with van der Waals surface area (Å²) in [5, 5.41) is 56.6. The monoisotopic (exact) mass is 1670 g/mol. The van der Waals surface area contributed by atoms with Crippen molar-refractivity contribution in [2.45, 2.75) is 104 Å². The number of H-pyrrole nitrogens is 4. The second kappa shape index (κ2) is 35.9. The standard InChI is InChI=1S/C20H22ClN7O3S.C20H19N7O.C18H19ClN6O3S.C17H18N6O2S.11H2/c1-12(29)22-7-8-24-32(30,31)15-4-2-3-14(9-15)19-23-11-16(21)20(26-19)25-18-10-17(27-28-18)13-5-6-13;1-3-12-10-22-18(14-5-4-11(2)15(8-14)20(28)25-21)24-19(12)23-17-9-16(26-27-17)13-6-7-13;19-14-10-20-17(12-2-1-3-13(8-12)29(27,28)21-6-7-26)23-18(14)22-16-9-15(24-25-16)11-4-5-11;1-26(24,25)13-6-4-12(5-7-13)19-17-18-9-8-15(21-17)20-16-10-14(22-23-16)11-2-3-11;;;;;;;;;;;/h2-4,9-11,13,24H,5-8H2,1H3,(H,22,29)(H2,23,25,26,27,28);1,4-5,8-10,13H,6-7,21H2,2H3,(H,25,28)(H2,22,23,24,26,27);1-3,8-11,21,26H,4-7H2,(H2,20,22,23,24,25);4-11H,2-3H2,1H3,(H3,18,19,20,21,22,23);11*1H. The van der Waals surface area contributed by atoms with Gasteiger partial charge in [-0.15, -0.1) is 6.42 Å². The second-order valence-corrected chi connectivity index (χ2v) is 33.4. The van der Waals surface area contributed by atoms with Gasteiger partial charge in [0, 0.05) is 160 Å². The number of aliphatic hydroxyl groups is 1.